The summed E-state index contributed by atoms with van der Waals surface area (Å²) in [6.07, 6.45) is 6.95. The highest BCUT2D eigenvalue weighted by molar-refractivity contribution is 9.10. The molecule has 6 saturated heterocycles. The maximum atomic E-state index is 12.8. The van der Waals surface area contributed by atoms with Gasteiger partial charge in [-0.1, -0.05) is 215 Å². The van der Waals surface area contributed by atoms with Gasteiger partial charge in [-0.15, -0.1) is 0 Å². The van der Waals surface area contributed by atoms with Crippen LogP contribution in [0.5, 0.6) is 0 Å². The molecule has 6 heterocycles. The molecule has 2 aromatic rings. The number of carbonyl (C=O) groups excluding carboxylic acids is 8. The van der Waals surface area contributed by atoms with Crippen molar-refractivity contribution in [1.29, 1.82) is 0 Å². The number of β-amino-alcohol motifs (C(OH)–C–C–N with tert-alkyl or cyclic N) is 4. The van der Waals surface area contributed by atoms with E-state index in [0.717, 1.165) is 20.1 Å². The van der Waals surface area contributed by atoms with Crippen molar-refractivity contribution >= 4 is 113 Å². The average molecular weight is 2010 g/mol. The molecule has 31 nitrogen and oxygen atoms in total. The summed E-state index contributed by atoms with van der Waals surface area (Å²) in [6.45, 7) is 68.5. The van der Waals surface area contributed by atoms with Crippen LogP contribution in [0.3, 0.4) is 0 Å². The molecule has 8 rings (SSSR count). The number of halogens is 2. The Hall–Kier alpha value is -6.93. The molecule has 0 aliphatic carbocycles. The predicted octanol–water partition coefficient (Wildman–Crippen LogP) is 16.2. The number of hydrogen-bond acceptors (Lipinski definition) is 25. The molecule has 0 aromatic heterocycles. The van der Waals surface area contributed by atoms with Crippen molar-refractivity contribution in [2.75, 3.05) is 126 Å². The van der Waals surface area contributed by atoms with Crippen LogP contribution < -0.4 is 0 Å². The molecule has 6 amide bonds. The third kappa shape index (κ3) is 35.4. The summed E-state index contributed by atoms with van der Waals surface area (Å²) in [4.78, 5) is 104. The molecule has 0 radical (unpaired) electrons. The molecule has 37 heteroatoms. The molecule has 6 aliphatic heterocycles. The number of rotatable bonds is 29. The van der Waals surface area contributed by atoms with Crippen LogP contribution in [0.4, 0.5) is 28.8 Å². The fourth-order valence-electron chi connectivity index (χ4n) is 13.3. The van der Waals surface area contributed by atoms with Gasteiger partial charge in [0.1, 0.15) is 56.9 Å². The summed E-state index contributed by atoms with van der Waals surface area (Å²) in [7, 11) is -4.74. The Morgan fingerprint density at radius 3 is 1.09 bits per heavy atom. The molecule has 129 heavy (non-hydrogen) atoms. The van der Waals surface area contributed by atoms with E-state index >= 15 is 0 Å². The highest BCUT2D eigenvalue weighted by atomic mass is 79.9. The molecule has 730 valence electrons. The van der Waals surface area contributed by atoms with Crippen molar-refractivity contribution in [3.8, 4) is 0 Å². The topological polar surface area (TPSA) is 368 Å². The van der Waals surface area contributed by atoms with Gasteiger partial charge in [0, 0.05) is 41.7 Å². The van der Waals surface area contributed by atoms with Gasteiger partial charge in [0.05, 0.1) is 128 Å². The van der Waals surface area contributed by atoms with Gasteiger partial charge >= 0.3 is 42.5 Å². The molecule has 0 unspecified atom stereocenters. The molecule has 0 saturated carbocycles. The van der Waals surface area contributed by atoms with E-state index in [0.29, 0.717) is 71.6 Å². The first kappa shape index (κ1) is 116. The van der Waals surface area contributed by atoms with Gasteiger partial charge in [-0.25, -0.2) is 33.6 Å². The molecule has 2 aromatic carbocycles. The summed E-state index contributed by atoms with van der Waals surface area (Å²) in [6, 6.07) is 13.8. The summed E-state index contributed by atoms with van der Waals surface area (Å²) < 4.78 is 67.9. The summed E-state index contributed by atoms with van der Waals surface area (Å²) in [5, 5.41) is 49.2. The van der Waals surface area contributed by atoms with E-state index in [1.54, 1.807) is 27.9 Å². The lowest BCUT2D eigenvalue weighted by atomic mass is 9.91. The Balaban J connectivity index is 0.000000406. The number of aliphatic hydroxyl groups excluding tert-OH is 4. The van der Waals surface area contributed by atoms with E-state index in [1.807, 2.05) is 48.5 Å². The van der Waals surface area contributed by atoms with E-state index in [9.17, 15) is 58.8 Å². The number of benzene rings is 2. The molecule has 11 atom stereocenters. The number of amides is 6. The predicted molar refractivity (Wildman–Crippen MR) is 516 cm³/mol. The second kappa shape index (κ2) is 52.1. The SMILES string of the molecule is C=CCOC(=O)N1CC(=O)C[C@H]1CO[Si](C)(C)C(C)(C)C.C=CCOC(=O)N1C[C@H](O)C[C@H]1C(=O)OC.C=CCOC(=O)N1C[C@H](O)C[C@H]1CO.C=CCOC(=O)N1C[C@H](O)C[C@H]1CO[Si](C)(C)C(C)(C)C.C=CCOC(=O)N1C[C@](O)(c2ccc(Br)cc2)C[C@H]1CO[Si](C)(C)C(C)(C)C.C=CCOC(=O)N1C[C@](OC)(c2ccc(Br)cc2)C[C@H]1CO[Si](C)(C)C(C)(C)C. The van der Waals surface area contributed by atoms with E-state index in [4.69, 9.17) is 56.0 Å². The molecule has 0 spiro atoms. The van der Waals surface area contributed by atoms with Crippen molar-refractivity contribution in [3.05, 3.63) is 145 Å². The van der Waals surface area contributed by atoms with Gasteiger partial charge in [0.25, 0.3) is 0 Å². The largest absolute Gasteiger partial charge is 0.467 e. The smallest absolute Gasteiger partial charge is 0.410 e. The van der Waals surface area contributed by atoms with Crippen LogP contribution >= 0.6 is 31.9 Å². The van der Waals surface area contributed by atoms with E-state index in [-0.39, 0.29) is 141 Å². The number of carbonyl (C=O) groups is 8. The molecular weight excluding hydrogens is 1860 g/mol. The van der Waals surface area contributed by atoms with Crippen LogP contribution in [-0.2, 0) is 76.4 Å². The minimum absolute atomic E-state index is 0.0504. The molecule has 5 N–H and O–H groups in total. The highest BCUT2D eigenvalue weighted by Gasteiger charge is 2.52. The number of esters is 1. The second-order valence-electron chi connectivity index (χ2n) is 38.9. The Kier molecular flexibility index (Phi) is 46.9. The number of Topliss-reactive ketones (excluding diaryl/α,β-unsaturated/α-hetero) is 1. The Morgan fingerprint density at radius 1 is 0.426 bits per heavy atom. The van der Waals surface area contributed by atoms with Crippen molar-refractivity contribution in [1.82, 2.24) is 29.4 Å². The number of nitrogens with zero attached hydrogens (tertiary/aromatic N) is 6. The minimum Gasteiger partial charge on any atom is -0.467 e. The Morgan fingerprint density at radius 2 is 0.729 bits per heavy atom. The van der Waals surface area contributed by atoms with Crippen molar-refractivity contribution in [2.24, 2.45) is 0 Å². The van der Waals surface area contributed by atoms with Gasteiger partial charge < -0.3 is 90.9 Å². The van der Waals surface area contributed by atoms with Gasteiger partial charge in [-0.2, -0.15) is 0 Å². The van der Waals surface area contributed by atoms with Crippen LogP contribution in [0.1, 0.15) is 133 Å². The second-order valence-corrected chi connectivity index (χ2v) is 59.9. The number of ether oxygens (including phenoxy) is 8. The zero-order valence-electron chi connectivity index (χ0n) is 80.6. The van der Waals surface area contributed by atoms with Crippen molar-refractivity contribution < 1.29 is 119 Å². The standard InChI is InChI=1S/C22H34BrNO4Si.C21H32BrNO4Si.C15H29NO4Si.C15H27NO4Si.C10H15NO5.C9H15NO4/c1-8-13-27-20(25)24-16-22(26-5,17-9-11-18(23)12-10-17)14-19(24)15-28-29(6,7)21(2,3)4;1-7-12-26-19(24)23-15-21(25,16-8-10-17(22)11-9-16)13-18(23)14-27-28(5,6)20(2,3)4;2*1-7-8-19-14(18)16-10-13(17)9-12(16)11-20-21(5,6)15(2,3)4;1-3-4-16-10(14)11-6-7(12)5-8(11)9(13)15-2;1-2-3-14-9(13)10-5-8(12)4-7(10)6-11/h8-12,19H,1,13-16H2,2-7H3;7-11,18,25H,1,12-15H2,2-6H3;7,12-13,17H,1,8-11H2,2-6H3;7,12H,1,8-11H2,2-6H3;3,7-8,12H,1,4-6H2,2H3;2,7-8,11-12H,1,3-6H2/t19-,22-;18-,21-;12-,13+;12-;2*7-,8+/m000010/s1. The molecule has 6 fully saturated rings. The van der Waals surface area contributed by atoms with Crippen LogP contribution in [0.15, 0.2) is 133 Å². The van der Waals surface area contributed by atoms with Crippen LogP contribution in [0, 0.1) is 0 Å². The summed E-state index contributed by atoms with van der Waals surface area (Å²) in [5.74, 6) is -0.499. The molecule has 0 bridgehead atoms. The number of methoxy groups -OCH3 is 2. The molecule has 6 aliphatic rings. The third-order valence-corrected chi connectivity index (χ3v) is 44.2. The van der Waals surface area contributed by atoms with E-state index in [2.05, 4.69) is 212 Å². The maximum Gasteiger partial charge on any atom is 0.410 e. The average Bonchev–Trinajstić information content (AvgIpc) is 1.63. The molecular formula is C92H152Br2N6O25Si4. The van der Waals surface area contributed by atoms with Crippen LogP contribution in [0.25, 0.3) is 0 Å². The van der Waals surface area contributed by atoms with Gasteiger partial charge in [-0.3, -0.25) is 24.4 Å². The summed E-state index contributed by atoms with van der Waals surface area (Å²) >= 11 is 6.91. The van der Waals surface area contributed by atoms with Crippen molar-refractivity contribution in [3.63, 3.8) is 0 Å². The monoisotopic (exact) mass is 2010 g/mol. The first-order valence-corrected chi connectivity index (χ1v) is 56.9. The summed E-state index contributed by atoms with van der Waals surface area (Å²) in [5.41, 5.74) is 0.108. The zero-order valence-corrected chi connectivity index (χ0v) is 87.8. The first-order chi connectivity index (χ1) is 59.8. The lowest BCUT2D eigenvalue weighted by Crippen LogP contribution is -2.46. The van der Waals surface area contributed by atoms with Crippen molar-refractivity contribution in [2.45, 2.75) is 260 Å². The lowest BCUT2D eigenvalue weighted by Gasteiger charge is -2.37. The van der Waals surface area contributed by atoms with Crippen LogP contribution in [-0.4, -0.2) is 317 Å². The number of aliphatic hydroxyl groups is 5. The van der Waals surface area contributed by atoms with Crippen LogP contribution in [0.2, 0.25) is 72.5 Å². The highest BCUT2D eigenvalue weighted by Crippen LogP contribution is 2.45. The maximum absolute atomic E-state index is 12.8. The fraction of sp³-hybridized carbons (Fsp3) is 0.652. The quantitative estimate of drug-likeness (QED) is 0.0219. The van der Waals surface area contributed by atoms with E-state index in [1.165, 1.54) is 52.2 Å². The Bertz CT molecular complexity index is 3970. The Labute approximate surface area is 787 Å². The van der Waals surface area contributed by atoms with Gasteiger partial charge in [-0.05, 0) is 121 Å². The van der Waals surface area contributed by atoms with E-state index < -0.39 is 105 Å². The third-order valence-electron chi connectivity index (χ3n) is 25.1. The number of likely N-dealkylation sites (tertiary alicyclic amines) is 6. The number of ketones is 1. The number of hydrogen-bond donors (Lipinski definition) is 5. The van der Waals surface area contributed by atoms with Gasteiger partial charge in [0.15, 0.2) is 39.1 Å². The van der Waals surface area contributed by atoms with Gasteiger partial charge in [0.2, 0.25) is 0 Å². The minimum atomic E-state index is -1.98. The fourth-order valence-corrected chi connectivity index (χ4v) is 18.0. The lowest BCUT2D eigenvalue weighted by molar-refractivity contribution is -0.145. The normalized spacial score (nSPS) is 22.9. The zero-order chi connectivity index (χ0) is 98.2. The first-order valence-electron chi connectivity index (χ1n) is 43.7.